The van der Waals surface area contributed by atoms with E-state index >= 15 is 0 Å². The van der Waals surface area contributed by atoms with Crippen LogP contribution in [0.1, 0.15) is 11.1 Å². The molecule has 8 aromatic carbocycles. The van der Waals surface area contributed by atoms with Gasteiger partial charge in [-0.2, -0.15) is 10.5 Å². The fraction of sp³-hybridized carbons (Fsp3) is 0. The minimum absolute atomic E-state index is 0.588. The summed E-state index contributed by atoms with van der Waals surface area (Å²) in [6.07, 6.45) is 0. The summed E-state index contributed by atoms with van der Waals surface area (Å²) < 4.78 is 12.4. The molecule has 0 saturated heterocycles. The first-order valence-electron chi connectivity index (χ1n) is 17.8. The van der Waals surface area contributed by atoms with Crippen molar-refractivity contribution in [1.29, 1.82) is 10.5 Å². The second kappa shape index (κ2) is 12.5. The highest BCUT2D eigenvalue weighted by Crippen LogP contribution is 2.41. The van der Waals surface area contributed by atoms with Crippen LogP contribution in [0, 0.1) is 22.7 Å². The van der Waals surface area contributed by atoms with Crippen molar-refractivity contribution < 1.29 is 8.83 Å². The van der Waals surface area contributed by atoms with Crippen molar-refractivity contribution in [3.05, 3.63) is 181 Å². The molecule has 0 bridgehead atoms. The number of hydrogen-bond donors (Lipinski definition) is 0. The topological polar surface area (TPSA) is 73.9 Å². The maximum atomic E-state index is 10.1. The Labute approximate surface area is 311 Å². The van der Waals surface area contributed by atoms with Crippen molar-refractivity contribution in [2.24, 2.45) is 0 Å². The van der Waals surface area contributed by atoms with Gasteiger partial charge in [0.1, 0.15) is 22.3 Å². The van der Waals surface area contributed by atoms with Crippen molar-refractivity contribution in [3.8, 4) is 67.8 Å². The summed E-state index contributed by atoms with van der Waals surface area (Å²) >= 11 is 0. The third-order valence-corrected chi connectivity index (χ3v) is 10.3. The number of benzene rings is 8. The highest BCUT2D eigenvalue weighted by atomic mass is 16.3. The van der Waals surface area contributed by atoms with E-state index in [0.29, 0.717) is 11.1 Å². The van der Waals surface area contributed by atoms with Crippen LogP contribution in [-0.4, -0.2) is 0 Å². The first kappa shape index (κ1) is 31.1. The molecule has 54 heavy (non-hydrogen) atoms. The van der Waals surface area contributed by atoms with Gasteiger partial charge < -0.3 is 8.83 Å². The number of furan rings is 2. The lowest BCUT2D eigenvalue weighted by atomic mass is 9.88. The van der Waals surface area contributed by atoms with E-state index in [1.165, 1.54) is 0 Å². The number of nitrogens with zero attached hydrogens (tertiary/aromatic N) is 2. The molecule has 0 fully saturated rings. The van der Waals surface area contributed by atoms with E-state index in [1.54, 1.807) is 0 Å². The third kappa shape index (κ3) is 5.22. The second-order valence-electron chi connectivity index (χ2n) is 13.5. The summed E-state index contributed by atoms with van der Waals surface area (Å²) in [6, 6.07) is 62.2. The Morgan fingerprint density at radius 1 is 0.296 bits per heavy atom. The van der Waals surface area contributed by atoms with Gasteiger partial charge in [0.25, 0.3) is 0 Å². The Balaban J connectivity index is 1.24. The van der Waals surface area contributed by atoms with Gasteiger partial charge in [-0.15, -0.1) is 0 Å². The molecule has 0 saturated carbocycles. The Hall–Kier alpha value is -7.66. The van der Waals surface area contributed by atoms with E-state index in [-0.39, 0.29) is 0 Å². The second-order valence-corrected chi connectivity index (χ2v) is 13.5. The van der Waals surface area contributed by atoms with Crippen molar-refractivity contribution in [3.63, 3.8) is 0 Å². The van der Waals surface area contributed by atoms with E-state index in [1.807, 2.05) is 84.9 Å². The molecule has 0 aliphatic carbocycles. The van der Waals surface area contributed by atoms with Gasteiger partial charge in [-0.05, 0) is 141 Å². The number of fused-ring (bicyclic) bond motifs is 6. The SMILES string of the molecule is N#Cc1ccccc1-c1cc(-c2cc(-c3ccc4oc5ccccc5c4c3)cc(-c3ccc4oc5ccccc5c4c3)c2)cc(-c2ccccc2C#N)c1. The fourth-order valence-corrected chi connectivity index (χ4v) is 7.71. The normalized spacial score (nSPS) is 11.3. The molecule has 0 aliphatic rings. The predicted octanol–water partition coefficient (Wildman–Crippen LogP) is 13.6. The van der Waals surface area contributed by atoms with Gasteiger partial charge in [0.05, 0.1) is 23.3 Å². The molecule has 2 heterocycles. The van der Waals surface area contributed by atoms with Crippen molar-refractivity contribution in [2.75, 3.05) is 0 Å². The summed E-state index contributed by atoms with van der Waals surface area (Å²) in [7, 11) is 0. The number of rotatable bonds is 5. The zero-order chi connectivity index (χ0) is 36.2. The minimum atomic E-state index is 0.588. The van der Waals surface area contributed by atoms with Gasteiger partial charge in [0.2, 0.25) is 0 Å². The summed E-state index contributed by atoms with van der Waals surface area (Å²) in [5.74, 6) is 0. The van der Waals surface area contributed by atoms with Gasteiger partial charge >= 0.3 is 0 Å². The van der Waals surface area contributed by atoms with Crippen LogP contribution >= 0.6 is 0 Å². The van der Waals surface area contributed by atoms with E-state index in [4.69, 9.17) is 8.83 Å². The smallest absolute Gasteiger partial charge is 0.135 e. The highest BCUT2D eigenvalue weighted by Gasteiger charge is 2.16. The Morgan fingerprint density at radius 2 is 0.648 bits per heavy atom. The summed E-state index contributed by atoms with van der Waals surface area (Å²) in [5, 5.41) is 24.5. The molecule has 2 aromatic heterocycles. The molecule has 0 amide bonds. The van der Waals surface area contributed by atoms with Crippen LogP contribution in [0.25, 0.3) is 99.5 Å². The van der Waals surface area contributed by atoms with Crippen LogP contribution in [0.3, 0.4) is 0 Å². The van der Waals surface area contributed by atoms with E-state index in [0.717, 1.165) is 99.5 Å². The largest absolute Gasteiger partial charge is 0.456 e. The van der Waals surface area contributed by atoms with Crippen molar-refractivity contribution in [1.82, 2.24) is 0 Å². The van der Waals surface area contributed by atoms with Crippen molar-refractivity contribution in [2.45, 2.75) is 0 Å². The lowest BCUT2D eigenvalue weighted by Gasteiger charge is -2.15. The molecule has 0 radical (unpaired) electrons. The molecular formula is C50H28N2O2. The average Bonchev–Trinajstić information content (AvgIpc) is 3.81. The van der Waals surface area contributed by atoms with Gasteiger partial charge in [-0.25, -0.2) is 0 Å². The molecule has 0 aliphatic heterocycles. The zero-order valence-corrected chi connectivity index (χ0v) is 28.9. The molecule has 10 rings (SSSR count). The van der Waals surface area contributed by atoms with E-state index < -0.39 is 0 Å². The summed E-state index contributed by atoms with van der Waals surface area (Å²) in [4.78, 5) is 0. The number of nitriles is 2. The minimum Gasteiger partial charge on any atom is -0.456 e. The molecule has 0 N–H and O–H groups in total. The fourth-order valence-electron chi connectivity index (χ4n) is 7.71. The molecule has 4 nitrogen and oxygen atoms in total. The van der Waals surface area contributed by atoms with Gasteiger partial charge in [-0.3, -0.25) is 0 Å². The van der Waals surface area contributed by atoms with Crippen LogP contribution in [-0.2, 0) is 0 Å². The summed E-state index contributed by atoms with van der Waals surface area (Å²) in [6.45, 7) is 0. The first-order valence-corrected chi connectivity index (χ1v) is 17.8. The molecule has 4 heteroatoms. The van der Waals surface area contributed by atoms with Crippen LogP contribution in [0.2, 0.25) is 0 Å². The van der Waals surface area contributed by atoms with E-state index in [2.05, 4.69) is 97.1 Å². The van der Waals surface area contributed by atoms with Gasteiger partial charge in [0, 0.05) is 21.5 Å². The quantitative estimate of drug-likeness (QED) is 0.180. The summed E-state index contributed by atoms with van der Waals surface area (Å²) in [5.41, 5.74) is 14.3. The van der Waals surface area contributed by atoms with Crippen LogP contribution in [0.15, 0.2) is 179 Å². The third-order valence-electron chi connectivity index (χ3n) is 10.3. The number of para-hydroxylation sites is 2. The maximum Gasteiger partial charge on any atom is 0.135 e. The Bertz CT molecular complexity index is 3000. The number of hydrogen-bond acceptors (Lipinski definition) is 4. The van der Waals surface area contributed by atoms with Crippen LogP contribution in [0.4, 0.5) is 0 Å². The zero-order valence-electron chi connectivity index (χ0n) is 28.9. The van der Waals surface area contributed by atoms with E-state index in [9.17, 15) is 10.5 Å². The average molecular weight is 689 g/mol. The van der Waals surface area contributed by atoms with Crippen molar-refractivity contribution >= 4 is 43.9 Å². The molecule has 0 atom stereocenters. The van der Waals surface area contributed by atoms with Gasteiger partial charge in [-0.1, -0.05) is 84.9 Å². The monoisotopic (exact) mass is 688 g/mol. The molecule has 0 unspecified atom stereocenters. The lowest BCUT2D eigenvalue weighted by Crippen LogP contribution is -1.91. The van der Waals surface area contributed by atoms with Crippen LogP contribution in [0.5, 0.6) is 0 Å². The Morgan fingerprint density at radius 3 is 1.11 bits per heavy atom. The standard InChI is InChI=1S/C50H28N2O2/c51-29-33-9-1-3-11-41(33)39-24-38(25-40(26-39)42-12-4-2-10-34(42)30-52)37-22-35(31-17-19-49-45(27-31)43-13-5-7-15-47(43)53-49)21-36(23-37)32-18-20-50-46(28-32)44-14-6-8-16-48(44)54-50/h1-28H. The lowest BCUT2D eigenvalue weighted by molar-refractivity contribution is 0.668. The molecule has 250 valence electrons. The maximum absolute atomic E-state index is 10.1. The molecule has 10 aromatic rings. The van der Waals surface area contributed by atoms with Gasteiger partial charge in [0.15, 0.2) is 0 Å². The van der Waals surface area contributed by atoms with Crippen LogP contribution < -0.4 is 0 Å². The predicted molar refractivity (Wildman–Crippen MR) is 218 cm³/mol. The molecule has 0 spiro atoms. The first-order chi connectivity index (χ1) is 26.6. The molecular weight excluding hydrogens is 661 g/mol. The Kier molecular flexibility index (Phi) is 7.22. The highest BCUT2D eigenvalue weighted by molar-refractivity contribution is 6.08.